The van der Waals surface area contributed by atoms with E-state index in [2.05, 4.69) is 27.9 Å². The van der Waals surface area contributed by atoms with Crippen LogP contribution in [0.4, 0.5) is 4.39 Å². The highest BCUT2D eigenvalue weighted by molar-refractivity contribution is 14.1. The molecule has 1 aliphatic rings. The highest BCUT2D eigenvalue weighted by atomic mass is 127. The van der Waals surface area contributed by atoms with Crippen LogP contribution in [0.1, 0.15) is 43.2 Å². The van der Waals surface area contributed by atoms with Gasteiger partial charge in [0.05, 0.1) is 0 Å². The van der Waals surface area contributed by atoms with Crippen LogP contribution in [0.5, 0.6) is 5.75 Å². The van der Waals surface area contributed by atoms with E-state index < -0.39 is 11.9 Å². The maximum Gasteiger partial charge on any atom is 0.261 e. The van der Waals surface area contributed by atoms with Gasteiger partial charge >= 0.3 is 0 Å². The Morgan fingerprint density at radius 1 is 0.946 bits per heavy atom. The Bertz CT molecular complexity index is 1170. The van der Waals surface area contributed by atoms with E-state index in [1.807, 2.05) is 42.5 Å². The van der Waals surface area contributed by atoms with Crippen LogP contribution < -0.4 is 10.1 Å². The van der Waals surface area contributed by atoms with Gasteiger partial charge in [0, 0.05) is 28.1 Å². The van der Waals surface area contributed by atoms with E-state index >= 15 is 0 Å². The summed E-state index contributed by atoms with van der Waals surface area (Å²) in [5, 5.41) is 3.19. The molecule has 1 saturated carbocycles. The smallest absolute Gasteiger partial charge is 0.261 e. The van der Waals surface area contributed by atoms with E-state index in [-0.39, 0.29) is 31.0 Å². The minimum absolute atomic E-state index is 0.0306. The standard InChI is InChI=1S/C30H32FIN2O3/c31-27-14-8-7-11-23(27)20-34(29(35)21-37-26-17-15-24(32)16-18-26)28(19-22-9-3-1-4-10-22)30(36)33-25-12-5-2-6-13-25/h1,3-4,7-11,14-18,25,28H,2,5-6,12-13,19-21H2,(H,33,36). The third-order valence-electron chi connectivity index (χ3n) is 6.70. The zero-order valence-electron chi connectivity index (χ0n) is 20.7. The lowest BCUT2D eigenvalue weighted by Crippen LogP contribution is -2.53. The molecule has 0 heterocycles. The number of ether oxygens (including phenoxy) is 1. The van der Waals surface area contributed by atoms with Crippen molar-refractivity contribution < 1.29 is 18.7 Å². The number of benzene rings is 3. The number of halogens is 2. The van der Waals surface area contributed by atoms with E-state index in [1.54, 1.807) is 30.3 Å². The van der Waals surface area contributed by atoms with Gasteiger partial charge in [-0.15, -0.1) is 0 Å². The normalized spacial score (nSPS) is 14.5. The number of carbonyl (C=O) groups excluding carboxylic acids is 2. The molecule has 2 amide bonds. The monoisotopic (exact) mass is 614 g/mol. The molecule has 1 aliphatic carbocycles. The molecule has 0 bridgehead atoms. The maximum atomic E-state index is 14.7. The lowest BCUT2D eigenvalue weighted by atomic mass is 9.94. The number of rotatable bonds is 10. The molecule has 0 radical (unpaired) electrons. The van der Waals surface area contributed by atoms with Crippen LogP contribution >= 0.6 is 22.6 Å². The summed E-state index contributed by atoms with van der Waals surface area (Å²) in [5.41, 5.74) is 1.28. The second kappa shape index (κ2) is 13.6. The second-order valence-electron chi connectivity index (χ2n) is 9.40. The number of nitrogens with zero attached hydrogens (tertiary/aromatic N) is 1. The lowest BCUT2D eigenvalue weighted by Gasteiger charge is -2.33. The van der Waals surface area contributed by atoms with Crippen molar-refractivity contribution in [2.45, 2.75) is 57.2 Å². The summed E-state index contributed by atoms with van der Waals surface area (Å²) in [5.74, 6) is -0.438. The molecule has 1 unspecified atom stereocenters. The highest BCUT2D eigenvalue weighted by Gasteiger charge is 2.32. The van der Waals surface area contributed by atoms with Crippen molar-refractivity contribution in [3.63, 3.8) is 0 Å². The van der Waals surface area contributed by atoms with Crippen molar-refractivity contribution in [1.29, 1.82) is 0 Å². The van der Waals surface area contributed by atoms with Crippen molar-refractivity contribution in [3.05, 3.63) is 99.4 Å². The molecule has 1 N–H and O–H groups in total. The first-order chi connectivity index (χ1) is 18.0. The second-order valence-corrected chi connectivity index (χ2v) is 10.7. The molecule has 37 heavy (non-hydrogen) atoms. The fourth-order valence-corrected chi connectivity index (χ4v) is 5.03. The summed E-state index contributed by atoms with van der Waals surface area (Å²) < 4.78 is 21.5. The molecule has 4 rings (SSSR count). The Morgan fingerprint density at radius 3 is 2.32 bits per heavy atom. The maximum absolute atomic E-state index is 14.7. The SMILES string of the molecule is O=C(NC1CCCCC1)C(Cc1ccccc1)N(Cc1ccccc1F)C(=O)COc1ccc(I)cc1. The minimum atomic E-state index is -0.809. The van der Waals surface area contributed by atoms with Crippen LogP contribution in [-0.4, -0.2) is 35.4 Å². The third kappa shape index (κ3) is 8.02. The Kier molecular flexibility index (Phi) is 9.93. The molecule has 194 valence electrons. The fraction of sp³-hybridized carbons (Fsp3) is 0.333. The molecular weight excluding hydrogens is 582 g/mol. The summed E-state index contributed by atoms with van der Waals surface area (Å²) in [4.78, 5) is 28.8. The lowest BCUT2D eigenvalue weighted by molar-refractivity contribution is -0.143. The average Bonchev–Trinajstić information content (AvgIpc) is 2.92. The van der Waals surface area contributed by atoms with Crippen LogP contribution in [0, 0.1) is 9.39 Å². The van der Waals surface area contributed by atoms with Gasteiger partial charge in [-0.1, -0.05) is 67.8 Å². The Hall–Kier alpha value is -2.94. The van der Waals surface area contributed by atoms with Gasteiger partial charge in [0.1, 0.15) is 17.6 Å². The molecule has 5 nitrogen and oxygen atoms in total. The fourth-order valence-electron chi connectivity index (χ4n) is 4.67. The zero-order valence-corrected chi connectivity index (χ0v) is 22.9. The topological polar surface area (TPSA) is 58.6 Å². The van der Waals surface area contributed by atoms with Crippen LogP contribution in [0.3, 0.4) is 0 Å². The summed E-state index contributed by atoms with van der Waals surface area (Å²) in [6.45, 7) is -0.284. The van der Waals surface area contributed by atoms with Gasteiger partial charge in [-0.05, 0) is 71.3 Å². The first kappa shape index (κ1) is 27.1. The zero-order chi connectivity index (χ0) is 26.0. The predicted octanol–water partition coefficient (Wildman–Crippen LogP) is 5.90. The molecule has 3 aromatic rings. The number of hydrogen-bond donors (Lipinski definition) is 1. The molecule has 1 atom stereocenters. The van der Waals surface area contributed by atoms with Crippen molar-refractivity contribution in [2.24, 2.45) is 0 Å². The van der Waals surface area contributed by atoms with Crippen molar-refractivity contribution in [3.8, 4) is 5.75 Å². The van der Waals surface area contributed by atoms with Crippen LogP contribution in [0.25, 0.3) is 0 Å². The van der Waals surface area contributed by atoms with E-state index in [0.29, 0.717) is 17.7 Å². The Balaban J connectivity index is 1.61. The van der Waals surface area contributed by atoms with Gasteiger partial charge in [-0.2, -0.15) is 0 Å². The molecular formula is C30H32FIN2O3. The first-order valence-corrected chi connectivity index (χ1v) is 13.8. The van der Waals surface area contributed by atoms with Crippen LogP contribution in [-0.2, 0) is 22.6 Å². The van der Waals surface area contributed by atoms with Gasteiger partial charge < -0.3 is 15.0 Å². The summed E-state index contributed by atoms with van der Waals surface area (Å²) >= 11 is 2.20. The van der Waals surface area contributed by atoms with Gasteiger partial charge in [0.15, 0.2) is 6.61 Å². The molecule has 0 saturated heterocycles. The van der Waals surface area contributed by atoms with E-state index in [0.717, 1.165) is 34.8 Å². The van der Waals surface area contributed by atoms with Gasteiger partial charge in [-0.3, -0.25) is 9.59 Å². The number of nitrogens with one attached hydrogen (secondary N) is 1. The Morgan fingerprint density at radius 2 is 1.62 bits per heavy atom. The highest BCUT2D eigenvalue weighted by Crippen LogP contribution is 2.21. The molecule has 7 heteroatoms. The third-order valence-corrected chi connectivity index (χ3v) is 7.42. The van der Waals surface area contributed by atoms with Crippen LogP contribution in [0.2, 0.25) is 0 Å². The summed E-state index contributed by atoms with van der Waals surface area (Å²) in [7, 11) is 0. The summed E-state index contributed by atoms with van der Waals surface area (Å²) in [6.07, 6.45) is 5.52. The average molecular weight is 614 g/mol. The Labute approximate surface area is 231 Å². The van der Waals surface area contributed by atoms with Gasteiger partial charge in [-0.25, -0.2) is 4.39 Å². The van der Waals surface area contributed by atoms with Gasteiger partial charge in [0.2, 0.25) is 5.91 Å². The van der Waals surface area contributed by atoms with Gasteiger partial charge in [0.25, 0.3) is 5.91 Å². The minimum Gasteiger partial charge on any atom is -0.484 e. The van der Waals surface area contributed by atoms with E-state index in [9.17, 15) is 14.0 Å². The predicted molar refractivity (Wildman–Crippen MR) is 151 cm³/mol. The summed E-state index contributed by atoms with van der Waals surface area (Å²) in [6, 6.07) is 22.7. The van der Waals surface area contributed by atoms with Crippen molar-refractivity contribution >= 4 is 34.4 Å². The molecule has 0 aromatic heterocycles. The van der Waals surface area contributed by atoms with E-state index in [1.165, 1.54) is 17.4 Å². The quantitative estimate of drug-likeness (QED) is 0.290. The number of hydrogen-bond acceptors (Lipinski definition) is 3. The number of amides is 2. The van der Waals surface area contributed by atoms with Crippen molar-refractivity contribution in [2.75, 3.05) is 6.61 Å². The molecule has 3 aromatic carbocycles. The van der Waals surface area contributed by atoms with Crippen molar-refractivity contribution in [1.82, 2.24) is 10.2 Å². The van der Waals surface area contributed by atoms with E-state index in [4.69, 9.17) is 4.74 Å². The molecule has 1 fully saturated rings. The van der Waals surface area contributed by atoms with Crippen LogP contribution in [0.15, 0.2) is 78.9 Å². The first-order valence-electron chi connectivity index (χ1n) is 12.7. The largest absolute Gasteiger partial charge is 0.484 e. The molecule has 0 aliphatic heterocycles. The number of carbonyl (C=O) groups is 2. The molecule has 0 spiro atoms.